The van der Waals surface area contributed by atoms with E-state index in [1.807, 2.05) is 49.7 Å². The third kappa shape index (κ3) is 3.59. The van der Waals surface area contributed by atoms with E-state index in [1.54, 1.807) is 16.2 Å². The van der Waals surface area contributed by atoms with E-state index in [-0.39, 0.29) is 18.9 Å². The first-order valence-corrected chi connectivity index (χ1v) is 8.45. The van der Waals surface area contributed by atoms with Crippen LogP contribution in [0.3, 0.4) is 0 Å². The zero-order chi connectivity index (χ0) is 16.2. The highest BCUT2D eigenvalue weighted by Gasteiger charge is 2.18. The van der Waals surface area contributed by atoms with Gasteiger partial charge in [-0.15, -0.1) is 11.3 Å². The SMILES string of the molecule is C[C@H](c1cccs1)N(C)C(=O)NCCc1ccc2c(c1)OCO2. The Morgan fingerprint density at radius 3 is 2.96 bits per heavy atom. The van der Waals surface area contributed by atoms with Crippen molar-refractivity contribution in [3.8, 4) is 11.5 Å². The Kier molecular flexibility index (Phi) is 4.71. The van der Waals surface area contributed by atoms with Gasteiger partial charge in [0.25, 0.3) is 0 Å². The fourth-order valence-corrected chi connectivity index (χ4v) is 3.26. The second-order valence-corrected chi connectivity index (χ2v) is 6.45. The maximum absolute atomic E-state index is 12.2. The number of nitrogens with zero attached hydrogens (tertiary/aromatic N) is 1. The van der Waals surface area contributed by atoms with Crippen LogP contribution in [0.1, 0.15) is 23.4 Å². The Hall–Kier alpha value is -2.21. The standard InChI is InChI=1S/C17H20N2O3S/c1-12(16-4-3-9-23-16)19(2)17(20)18-8-7-13-5-6-14-15(10-13)22-11-21-14/h3-6,9-10,12H,7-8,11H2,1-2H3,(H,18,20)/t12-/m1/s1. The molecule has 1 atom stereocenters. The predicted octanol–water partition coefficient (Wildman–Crippen LogP) is 3.42. The number of hydrogen-bond donors (Lipinski definition) is 1. The molecule has 6 heteroatoms. The molecule has 1 aromatic heterocycles. The molecule has 122 valence electrons. The number of thiophene rings is 1. The number of urea groups is 1. The maximum Gasteiger partial charge on any atom is 0.317 e. The van der Waals surface area contributed by atoms with E-state index in [0.717, 1.165) is 23.5 Å². The van der Waals surface area contributed by atoms with Crippen LogP contribution in [0.4, 0.5) is 4.79 Å². The predicted molar refractivity (Wildman–Crippen MR) is 90.2 cm³/mol. The smallest absolute Gasteiger partial charge is 0.317 e. The van der Waals surface area contributed by atoms with E-state index < -0.39 is 0 Å². The first-order chi connectivity index (χ1) is 11.1. The normalized spacial score (nSPS) is 13.7. The fourth-order valence-electron chi connectivity index (χ4n) is 2.43. The first-order valence-electron chi connectivity index (χ1n) is 7.58. The number of rotatable bonds is 5. The van der Waals surface area contributed by atoms with Gasteiger partial charge in [-0.3, -0.25) is 0 Å². The lowest BCUT2D eigenvalue weighted by Gasteiger charge is -2.24. The van der Waals surface area contributed by atoms with Crippen molar-refractivity contribution in [2.45, 2.75) is 19.4 Å². The lowest BCUT2D eigenvalue weighted by molar-refractivity contribution is 0.174. The highest BCUT2D eigenvalue weighted by molar-refractivity contribution is 7.10. The molecule has 0 saturated heterocycles. The lowest BCUT2D eigenvalue weighted by Crippen LogP contribution is -2.39. The van der Waals surface area contributed by atoms with Gasteiger partial charge in [0.1, 0.15) is 0 Å². The summed E-state index contributed by atoms with van der Waals surface area (Å²) in [5.74, 6) is 1.56. The molecule has 1 aliphatic rings. The van der Waals surface area contributed by atoms with E-state index in [1.165, 1.54) is 4.88 Å². The average Bonchev–Trinajstić information content (AvgIpc) is 3.24. The van der Waals surface area contributed by atoms with Crippen LogP contribution in [-0.4, -0.2) is 31.3 Å². The van der Waals surface area contributed by atoms with Crippen LogP contribution in [0.15, 0.2) is 35.7 Å². The second kappa shape index (κ2) is 6.91. The summed E-state index contributed by atoms with van der Waals surface area (Å²) >= 11 is 1.66. The van der Waals surface area contributed by atoms with E-state index >= 15 is 0 Å². The minimum absolute atomic E-state index is 0.0633. The van der Waals surface area contributed by atoms with Gasteiger partial charge in [-0.2, -0.15) is 0 Å². The summed E-state index contributed by atoms with van der Waals surface area (Å²) in [6, 6.07) is 9.93. The summed E-state index contributed by atoms with van der Waals surface area (Å²) in [6.45, 7) is 2.89. The quantitative estimate of drug-likeness (QED) is 0.913. The molecule has 2 heterocycles. The Morgan fingerprint density at radius 1 is 1.35 bits per heavy atom. The van der Waals surface area contributed by atoms with Crippen molar-refractivity contribution in [1.29, 1.82) is 0 Å². The van der Waals surface area contributed by atoms with Crippen molar-refractivity contribution in [2.75, 3.05) is 20.4 Å². The number of hydrogen-bond acceptors (Lipinski definition) is 4. The van der Waals surface area contributed by atoms with Gasteiger partial charge >= 0.3 is 6.03 Å². The molecule has 3 rings (SSSR count). The minimum atomic E-state index is -0.0633. The number of nitrogens with one attached hydrogen (secondary N) is 1. The van der Waals surface area contributed by atoms with E-state index in [4.69, 9.17) is 9.47 Å². The molecule has 0 saturated carbocycles. The molecule has 0 bridgehead atoms. The molecule has 23 heavy (non-hydrogen) atoms. The molecule has 1 aliphatic heterocycles. The summed E-state index contributed by atoms with van der Waals surface area (Å²) in [5, 5.41) is 4.99. The van der Waals surface area contributed by atoms with Crippen molar-refractivity contribution in [3.63, 3.8) is 0 Å². The number of carbonyl (C=O) groups is 1. The molecule has 2 aromatic rings. The van der Waals surface area contributed by atoms with Gasteiger partial charge < -0.3 is 19.7 Å². The van der Waals surface area contributed by atoms with E-state index in [2.05, 4.69) is 5.32 Å². The van der Waals surface area contributed by atoms with E-state index in [0.29, 0.717) is 6.54 Å². The molecular formula is C17H20N2O3S. The zero-order valence-electron chi connectivity index (χ0n) is 13.2. The Balaban J connectivity index is 1.49. The van der Waals surface area contributed by atoms with Gasteiger partial charge in [-0.05, 0) is 42.5 Å². The monoisotopic (exact) mass is 332 g/mol. The van der Waals surface area contributed by atoms with Gasteiger partial charge in [0.2, 0.25) is 6.79 Å². The molecule has 0 radical (unpaired) electrons. The van der Waals surface area contributed by atoms with Gasteiger partial charge in [-0.1, -0.05) is 12.1 Å². The zero-order valence-corrected chi connectivity index (χ0v) is 14.1. The molecule has 0 aliphatic carbocycles. The maximum atomic E-state index is 12.2. The molecule has 2 amide bonds. The highest BCUT2D eigenvalue weighted by Crippen LogP contribution is 2.32. The largest absolute Gasteiger partial charge is 0.454 e. The summed E-state index contributed by atoms with van der Waals surface area (Å²) in [7, 11) is 1.82. The van der Waals surface area contributed by atoms with Crippen LogP contribution in [0.2, 0.25) is 0 Å². The Bertz CT molecular complexity index is 672. The third-order valence-electron chi connectivity index (χ3n) is 3.98. The first kappa shape index (κ1) is 15.7. The number of ether oxygens (including phenoxy) is 2. The molecule has 0 fully saturated rings. The summed E-state index contributed by atoms with van der Waals surface area (Å²) in [6.07, 6.45) is 0.754. The molecule has 0 unspecified atom stereocenters. The molecule has 1 aromatic carbocycles. The minimum Gasteiger partial charge on any atom is -0.454 e. The molecule has 0 spiro atoms. The number of carbonyl (C=O) groups excluding carboxylic acids is 1. The summed E-state index contributed by atoms with van der Waals surface area (Å²) in [4.78, 5) is 15.1. The van der Waals surface area contributed by atoms with Crippen molar-refractivity contribution >= 4 is 17.4 Å². The van der Waals surface area contributed by atoms with Crippen molar-refractivity contribution in [1.82, 2.24) is 10.2 Å². The fraction of sp³-hybridized carbons (Fsp3) is 0.353. The number of benzene rings is 1. The van der Waals surface area contributed by atoms with Gasteiger partial charge in [-0.25, -0.2) is 4.79 Å². The highest BCUT2D eigenvalue weighted by atomic mass is 32.1. The lowest BCUT2D eigenvalue weighted by atomic mass is 10.1. The van der Waals surface area contributed by atoms with Crippen LogP contribution < -0.4 is 14.8 Å². The topological polar surface area (TPSA) is 50.8 Å². The molecule has 5 nitrogen and oxygen atoms in total. The van der Waals surface area contributed by atoms with Crippen molar-refractivity contribution < 1.29 is 14.3 Å². The summed E-state index contributed by atoms with van der Waals surface area (Å²) in [5.41, 5.74) is 1.11. The van der Waals surface area contributed by atoms with Gasteiger partial charge in [0, 0.05) is 18.5 Å². The number of fused-ring (bicyclic) bond motifs is 1. The third-order valence-corrected chi connectivity index (χ3v) is 5.03. The molecular weight excluding hydrogens is 312 g/mol. The average molecular weight is 332 g/mol. The second-order valence-electron chi connectivity index (χ2n) is 5.47. The van der Waals surface area contributed by atoms with Gasteiger partial charge in [0.15, 0.2) is 11.5 Å². The Morgan fingerprint density at radius 2 is 2.17 bits per heavy atom. The van der Waals surface area contributed by atoms with Gasteiger partial charge in [0.05, 0.1) is 6.04 Å². The Labute approximate surface area is 139 Å². The van der Waals surface area contributed by atoms with Crippen LogP contribution in [-0.2, 0) is 6.42 Å². The van der Waals surface area contributed by atoms with Crippen LogP contribution in [0.25, 0.3) is 0 Å². The molecule has 1 N–H and O–H groups in total. The van der Waals surface area contributed by atoms with Crippen molar-refractivity contribution in [3.05, 3.63) is 46.2 Å². The van der Waals surface area contributed by atoms with Crippen LogP contribution in [0, 0.1) is 0 Å². The van der Waals surface area contributed by atoms with E-state index in [9.17, 15) is 4.79 Å². The van der Waals surface area contributed by atoms with Crippen LogP contribution >= 0.6 is 11.3 Å². The van der Waals surface area contributed by atoms with Crippen LogP contribution in [0.5, 0.6) is 11.5 Å². The summed E-state index contributed by atoms with van der Waals surface area (Å²) < 4.78 is 10.7. The van der Waals surface area contributed by atoms with Crippen molar-refractivity contribution in [2.24, 2.45) is 0 Å². The number of amides is 2.